The van der Waals surface area contributed by atoms with E-state index in [0.29, 0.717) is 33.2 Å². The van der Waals surface area contributed by atoms with Gasteiger partial charge >= 0.3 is 0 Å². The third-order valence-electron chi connectivity index (χ3n) is 3.75. The molecule has 2 heterocycles. The van der Waals surface area contributed by atoms with Crippen LogP contribution in [0.25, 0.3) is 10.2 Å². The van der Waals surface area contributed by atoms with Gasteiger partial charge in [-0.3, -0.25) is 19.0 Å². The SMILES string of the molecule is CCn1c(SCC(=O)Nc2ccc(C(C)=O)cc2)nc2ccsc2c1=O. The van der Waals surface area contributed by atoms with Gasteiger partial charge in [-0.1, -0.05) is 11.8 Å². The summed E-state index contributed by atoms with van der Waals surface area (Å²) < 4.78 is 2.21. The van der Waals surface area contributed by atoms with Crippen molar-refractivity contribution in [2.75, 3.05) is 11.1 Å². The lowest BCUT2D eigenvalue weighted by molar-refractivity contribution is -0.113. The highest BCUT2D eigenvalue weighted by Gasteiger charge is 2.13. The second-order valence-electron chi connectivity index (χ2n) is 5.55. The number of ketones is 1. The van der Waals surface area contributed by atoms with Crippen molar-refractivity contribution >= 4 is 50.7 Å². The monoisotopic (exact) mass is 387 g/mol. The molecule has 134 valence electrons. The average molecular weight is 387 g/mol. The van der Waals surface area contributed by atoms with E-state index in [1.807, 2.05) is 18.4 Å². The van der Waals surface area contributed by atoms with Crippen molar-refractivity contribution < 1.29 is 9.59 Å². The van der Waals surface area contributed by atoms with Crippen LogP contribution in [0.5, 0.6) is 0 Å². The molecule has 1 amide bonds. The molecule has 2 aromatic heterocycles. The van der Waals surface area contributed by atoms with Crippen LogP contribution in [0.3, 0.4) is 0 Å². The van der Waals surface area contributed by atoms with Gasteiger partial charge < -0.3 is 5.32 Å². The summed E-state index contributed by atoms with van der Waals surface area (Å²) >= 11 is 2.60. The van der Waals surface area contributed by atoms with Crippen molar-refractivity contribution in [3.63, 3.8) is 0 Å². The average Bonchev–Trinajstić information content (AvgIpc) is 3.09. The standard InChI is InChI=1S/C18H17N3O3S2/c1-3-21-17(24)16-14(8-9-25-16)20-18(21)26-10-15(23)19-13-6-4-12(5-7-13)11(2)22/h4-9H,3,10H2,1-2H3,(H,19,23). The first-order valence-corrected chi connectivity index (χ1v) is 9.87. The van der Waals surface area contributed by atoms with Crippen molar-refractivity contribution in [1.29, 1.82) is 0 Å². The Balaban J connectivity index is 1.70. The first-order chi connectivity index (χ1) is 12.5. The van der Waals surface area contributed by atoms with E-state index in [1.54, 1.807) is 28.8 Å². The highest BCUT2D eigenvalue weighted by Crippen LogP contribution is 2.21. The normalized spacial score (nSPS) is 10.8. The van der Waals surface area contributed by atoms with Crippen LogP contribution in [0, 0.1) is 0 Å². The zero-order valence-corrected chi connectivity index (χ0v) is 15.9. The minimum absolute atomic E-state index is 0.0223. The molecule has 0 spiro atoms. The first kappa shape index (κ1) is 18.3. The van der Waals surface area contributed by atoms with Gasteiger partial charge in [0, 0.05) is 17.8 Å². The fraction of sp³-hybridized carbons (Fsp3) is 0.222. The molecule has 26 heavy (non-hydrogen) atoms. The molecular weight excluding hydrogens is 370 g/mol. The second kappa shape index (κ2) is 7.84. The van der Waals surface area contributed by atoms with E-state index >= 15 is 0 Å². The van der Waals surface area contributed by atoms with Gasteiger partial charge in [0.2, 0.25) is 5.91 Å². The zero-order valence-electron chi connectivity index (χ0n) is 14.3. The van der Waals surface area contributed by atoms with Crippen LogP contribution < -0.4 is 10.9 Å². The Morgan fingerprint density at radius 1 is 1.23 bits per heavy atom. The van der Waals surface area contributed by atoms with Crippen molar-refractivity contribution in [2.45, 2.75) is 25.5 Å². The zero-order chi connectivity index (χ0) is 18.7. The van der Waals surface area contributed by atoms with E-state index in [9.17, 15) is 14.4 Å². The molecule has 0 radical (unpaired) electrons. The van der Waals surface area contributed by atoms with E-state index < -0.39 is 0 Å². The van der Waals surface area contributed by atoms with Gasteiger partial charge in [0.05, 0.1) is 11.3 Å². The number of hydrogen-bond acceptors (Lipinski definition) is 6. The fourth-order valence-corrected chi connectivity index (χ4v) is 4.07. The third-order valence-corrected chi connectivity index (χ3v) is 5.62. The molecule has 0 unspecified atom stereocenters. The van der Waals surface area contributed by atoms with Gasteiger partial charge in [-0.05, 0) is 49.6 Å². The maximum atomic E-state index is 12.5. The maximum Gasteiger partial charge on any atom is 0.272 e. The number of hydrogen-bond donors (Lipinski definition) is 1. The number of fused-ring (bicyclic) bond motifs is 1. The van der Waals surface area contributed by atoms with Gasteiger partial charge in [-0.15, -0.1) is 11.3 Å². The largest absolute Gasteiger partial charge is 0.325 e. The fourth-order valence-electron chi connectivity index (χ4n) is 2.43. The summed E-state index contributed by atoms with van der Waals surface area (Å²) in [6.45, 7) is 3.87. The number of aromatic nitrogens is 2. The van der Waals surface area contributed by atoms with Crippen LogP contribution in [0.1, 0.15) is 24.2 Å². The number of thioether (sulfide) groups is 1. The molecule has 0 fully saturated rings. The lowest BCUT2D eigenvalue weighted by Crippen LogP contribution is -2.22. The Kier molecular flexibility index (Phi) is 5.53. The molecule has 6 nitrogen and oxygen atoms in total. The molecular formula is C18H17N3O3S2. The minimum atomic E-state index is -0.201. The quantitative estimate of drug-likeness (QED) is 0.398. The number of benzene rings is 1. The molecule has 3 rings (SSSR count). The molecule has 0 aliphatic carbocycles. The number of Topliss-reactive ketones (excluding diaryl/α,β-unsaturated/α-hetero) is 1. The van der Waals surface area contributed by atoms with E-state index in [0.717, 1.165) is 0 Å². The van der Waals surface area contributed by atoms with E-state index in [4.69, 9.17) is 0 Å². The number of amides is 1. The minimum Gasteiger partial charge on any atom is -0.325 e. The summed E-state index contributed by atoms with van der Waals surface area (Å²) in [4.78, 5) is 40.4. The van der Waals surface area contributed by atoms with Gasteiger partial charge in [0.1, 0.15) is 4.70 Å². The predicted molar refractivity (Wildman–Crippen MR) is 105 cm³/mol. The van der Waals surface area contributed by atoms with Gasteiger partial charge in [0.15, 0.2) is 10.9 Å². The number of nitrogens with one attached hydrogen (secondary N) is 1. The molecule has 0 saturated carbocycles. The number of rotatable bonds is 6. The van der Waals surface area contributed by atoms with E-state index in [2.05, 4.69) is 10.3 Å². The summed E-state index contributed by atoms with van der Waals surface area (Å²) in [5.41, 5.74) is 1.80. The van der Waals surface area contributed by atoms with Crippen LogP contribution in [0.15, 0.2) is 45.7 Å². The van der Waals surface area contributed by atoms with Crippen molar-refractivity contribution in [3.05, 3.63) is 51.6 Å². The molecule has 0 saturated heterocycles. The van der Waals surface area contributed by atoms with Crippen LogP contribution in [0.2, 0.25) is 0 Å². The maximum absolute atomic E-state index is 12.5. The Morgan fingerprint density at radius 3 is 2.62 bits per heavy atom. The third kappa shape index (κ3) is 3.86. The van der Waals surface area contributed by atoms with Crippen molar-refractivity contribution in [3.8, 4) is 0 Å². The van der Waals surface area contributed by atoms with Gasteiger partial charge in [0.25, 0.3) is 5.56 Å². The van der Waals surface area contributed by atoms with Crippen molar-refractivity contribution in [2.24, 2.45) is 0 Å². The first-order valence-electron chi connectivity index (χ1n) is 8.01. The Morgan fingerprint density at radius 2 is 1.96 bits per heavy atom. The topological polar surface area (TPSA) is 81.1 Å². The van der Waals surface area contributed by atoms with Gasteiger partial charge in [-0.25, -0.2) is 4.98 Å². The van der Waals surface area contributed by atoms with Crippen LogP contribution in [-0.2, 0) is 11.3 Å². The Hall–Kier alpha value is -2.45. The van der Waals surface area contributed by atoms with E-state index in [1.165, 1.54) is 30.0 Å². The number of carbonyl (C=O) groups excluding carboxylic acids is 2. The highest BCUT2D eigenvalue weighted by atomic mass is 32.2. The van der Waals surface area contributed by atoms with Crippen LogP contribution in [-0.4, -0.2) is 27.0 Å². The van der Waals surface area contributed by atoms with Gasteiger partial charge in [-0.2, -0.15) is 0 Å². The second-order valence-corrected chi connectivity index (χ2v) is 7.41. The smallest absolute Gasteiger partial charge is 0.272 e. The summed E-state index contributed by atoms with van der Waals surface area (Å²) in [6, 6.07) is 8.54. The molecule has 0 bridgehead atoms. The number of anilines is 1. The molecule has 0 aliphatic rings. The molecule has 8 heteroatoms. The molecule has 1 N–H and O–H groups in total. The highest BCUT2D eigenvalue weighted by molar-refractivity contribution is 7.99. The molecule has 1 aromatic carbocycles. The number of thiophene rings is 1. The summed E-state index contributed by atoms with van der Waals surface area (Å²) in [6.07, 6.45) is 0. The summed E-state index contributed by atoms with van der Waals surface area (Å²) in [5, 5.41) is 5.15. The summed E-state index contributed by atoms with van der Waals surface area (Å²) in [5.74, 6) is -0.0879. The van der Waals surface area contributed by atoms with Crippen molar-refractivity contribution in [1.82, 2.24) is 9.55 Å². The van der Waals surface area contributed by atoms with Crippen LogP contribution in [0.4, 0.5) is 5.69 Å². The number of carbonyl (C=O) groups is 2. The lowest BCUT2D eigenvalue weighted by atomic mass is 10.1. The molecule has 0 atom stereocenters. The number of nitrogens with zero attached hydrogens (tertiary/aromatic N) is 2. The Bertz CT molecular complexity index is 1020. The molecule has 3 aromatic rings. The lowest BCUT2D eigenvalue weighted by Gasteiger charge is -2.10. The van der Waals surface area contributed by atoms with Crippen LogP contribution >= 0.6 is 23.1 Å². The summed E-state index contributed by atoms with van der Waals surface area (Å²) in [7, 11) is 0. The molecule has 0 aliphatic heterocycles. The Labute approximate surface area is 158 Å². The predicted octanol–water partition coefficient (Wildman–Crippen LogP) is 3.41. The van der Waals surface area contributed by atoms with E-state index in [-0.39, 0.29) is 23.0 Å².